The summed E-state index contributed by atoms with van der Waals surface area (Å²) in [6.07, 6.45) is 0. The van der Waals surface area contributed by atoms with Crippen LogP contribution in [0.15, 0.2) is 64.6 Å². The molecule has 4 rings (SSSR count). The van der Waals surface area contributed by atoms with Crippen molar-refractivity contribution in [3.05, 3.63) is 82.8 Å². The number of aryl methyl sites for hydroxylation is 1. The number of carbonyl (C=O) groups is 2. The maximum Gasteiger partial charge on any atom is 0.300 e. The Morgan fingerprint density at radius 1 is 1.08 bits per heavy atom. The van der Waals surface area contributed by atoms with Crippen molar-refractivity contribution >= 4 is 23.1 Å². The summed E-state index contributed by atoms with van der Waals surface area (Å²) in [5.74, 6) is 0.412. The molecule has 2 heterocycles. The Morgan fingerprint density at radius 3 is 2.44 bits per heavy atom. The summed E-state index contributed by atoms with van der Waals surface area (Å²) < 4.78 is 17.0. The van der Waals surface area contributed by atoms with E-state index in [0.29, 0.717) is 40.9 Å². The number of rotatable bonds is 6. The Bertz CT molecular complexity index is 1340. The third kappa shape index (κ3) is 4.49. The van der Waals surface area contributed by atoms with Gasteiger partial charge in [0.15, 0.2) is 0 Å². The lowest BCUT2D eigenvalue weighted by atomic mass is 9.84. The minimum atomic E-state index is -0.949. The molecule has 0 saturated carbocycles. The smallest absolute Gasteiger partial charge is 0.300 e. The summed E-state index contributed by atoms with van der Waals surface area (Å²) in [6.45, 7) is 10.3. The van der Waals surface area contributed by atoms with Crippen molar-refractivity contribution in [2.24, 2.45) is 0 Å². The van der Waals surface area contributed by atoms with Crippen molar-refractivity contribution < 1.29 is 28.6 Å². The topological polar surface area (TPSA) is 89.2 Å². The van der Waals surface area contributed by atoms with Crippen LogP contribution < -0.4 is 14.4 Å². The van der Waals surface area contributed by atoms with E-state index in [1.54, 1.807) is 55.5 Å². The molecule has 1 aliphatic rings. The van der Waals surface area contributed by atoms with Crippen LogP contribution in [0.4, 0.5) is 5.69 Å². The molecule has 1 fully saturated rings. The van der Waals surface area contributed by atoms with Crippen molar-refractivity contribution in [2.75, 3.05) is 18.6 Å². The van der Waals surface area contributed by atoms with Crippen molar-refractivity contribution in [2.45, 2.75) is 46.1 Å². The number of aliphatic hydroxyl groups is 1. The van der Waals surface area contributed by atoms with Crippen LogP contribution in [0.3, 0.4) is 0 Å². The normalized spacial score (nSPS) is 17.5. The molecule has 1 N–H and O–H groups in total. The number of methoxy groups -OCH3 is 1. The minimum absolute atomic E-state index is 0.0406. The van der Waals surface area contributed by atoms with E-state index in [1.165, 1.54) is 12.0 Å². The van der Waals surface area contributed by atoms with Gasteiger partial charge in [0.05, 0.1) is 19.3 Å². The van der Waals surface area contributed by atoms with Crippen LogP contribution in [0.5, 0.6) is 11.5 Å². The average Bonchev–Trinajstić information content (AvgIpc) is 3.39. The second kappa shape index (κ2) is 9.57. The quantitative estimate of drug-likeness (QED) is 0.263. The summed E-state index contributed by atoms with van der Waals surface area (Å²) in [6, 6.07) is 14.7. The maximum absolute atomic E-state index is 13.4. The largest absolute Gasteiger partial charge is 0.507 e. The highest BCUT2D eigenvalue weighted by molar-refractivity contribution is 6.51. The lowest BCUT2D eigenvalue weighted by Crippen LogP contribution is -2.29. The zero-order chi connectivity index (χ0) is 26.2. The summed E-state index contributed by atoms with van der Waals surface area (Å²) in [5, 5.41) is 11.5. The van der Waals surface area contributed by atoms with Gasteiger partial charge in [0.2, 0.25) is 0 Å². The number of hydrogen-bond acceptors (Lipinski definition) is 6. The van der Waals surface area contributed by atoms with Crippen LogP contribution in [0.2, 0.25) is 0 Å². The molecule has 0 radical (unpaired) electrons. The first kappa shape index (κ1) is 25.1. The van der Waals surface area contributed by atoms with Gasteiger partial charge in [-0.15, -0.1) is 0 Å². The van der Waals surface area contributed by atoms with Gasteiger partial charge in [-0.1, -0.05) is 26.8 Å². The number of hydrogen-bond donors (Lipinski definition) is 1. The van der Waals surface area contributed by atoms with Crippen LogP contribution in [-0.2, 0) is 15.0 Å². The Labute approximate surface area is 210 Å². The van der Waals surface area contributed by atoms with E-state index in [4.69, 9.17) is 13.9 Å². The van der Waals surface area contributed by atoms with Crippen LogP contribution >= 0.6 is 0 Å². The Balaban J connectivity index is 1.93. The monoisotopic (exact) mass is 489 g/mol. The fourth-order valence-electron chi connectivity index (χ4n) is 4.43. The number of furan rings is 1. The summed E-state index contributed by atoms with van der Waals surface area (Å²) in [5.41, 5.74) is 1.42. The van der Waals surface area contributed by atoms with Crippen LogP contribution in [0, 0.1) is 6.92 Å². The van der Waals surface area contributed by atoms with Gasteiger partial charge in [-0.3, -0.25) is 14.5 Å². The minimum Gasteiger partial charge on any atom is -0.507 e. The summed E-state index contributed by atoms with van der Waals surface area (Å²) in [4.78, 5) is 28.1. The fraction of sp³-hybridized carbons (Fsp3) is 0.310. The van der Waals surface area contributed by atoms with Gasteiger partial charge in [-0.2, -0.15) is 0 Å². The number of ether oxygens (including phenoxy) is 2. The van der Waals surface area contributed by atoms with Gasteiger partial charge in [0.1, 0.15) is 34.8 Å². The first-order valence-electron chi connectivity index (χ1n) is 11.9. The first-order chi connectivity index (χ1) is 17.1. The van der Waals surface area contributed by atoms with Gasteiger partial charge in [0, 0.05) is 22.9 Å². The molecule has 188 valence electrons. The second-order valence-electron chi connectivity index (χ2n) is 9.71. The SMILES string of the molecule is CCOc1ccc(/C(O)=C2/C(=O)C(=O)N(c3cccc(OC)c3)C2c2ccc(C)o2)cc1C(C)(C)C. The molecule has 1 atom stereocenters. The number of amides is 1. The fourth-order valence-corrected chi connectivity index (χ4v) is 4.43. The lowest BCUT2D eigenvalue weighted by Gasteiger charge is -2.25. The van der Waals surface area contributed by atoms with Gasteiger partial charge < -0.3 is 19.0 Å². The summed E-state index contributed by atoms with van der Waals surface area (Å²) in [7, 11) is 1.53. The van der Waals surface area contributed by atoms with Gasteiger partial charge in [0.25, 0.3) is 11.7 Å². The van der Waals surface area contributed by atoms with Gasteiger partial charge in [-0.25, -0.2) is 0 Å². The van der Waals surface area contributed by atoms with Crippen molar-refractivity contribution in [1.82, 2.24) is 0 Å². The number of nitrogens with zero attached hydrogens (tertiary/aromatic N) is 1. The highest BCUT2D eigenvalue weighted by Crippen LogP contribution is 2.44. The Hall–Kier alpha value is -4.00. The molecule has 1 unspecified atom stereocenters. The standard InChI is InChI=1S/C29H31NO6/c1-7-35-22-14-12-18(15-21(22)29(3,4)5)26(31)24-25(23-13-11-17(2)36-23)30(28(33)27(24)32)19-9-8-10-20(16-19)34-6/h8-16,25,31H,7H2,1-6H3/b26-24-. The lowest BCUT2D eigenvalue weighted by molar-refractivity contribution is -0.132. The molecule has 36 heavy (non-hydrogen) atoms. The second-order valence-corrected chi connectivity index (χ2v) is 9.71. The number of ketones is 1. The van der Waals surface area contributed by atoms with E-state index in [9.17, 15) is 14.7 Å². The highest BCUT2D eigenvalue weighted by Gasteiger charge is 2.48. The molecule has 7 heteroatoms. The zero-order valence-corrected chi connectivity index (χ0v) is 21.4. The Kier molecular flexibility index (Phi) is 6.67. The van der Waals surface area contributed by atoms with E-state index in [1.807, 2.05) is 33.8 Å². The molecule has 2 aromatic carbocycles. The maximum atomic E-state index is 13.4. The molecular weight excluding hydrogens is 458 g/mol. The first-order valence-corrected chi connectivity index (χ1v) is 11.9. The molecule has 0 aliphatic carbocycles. The molecule has 1 aliphatic heterocycles. The van der Waals surface area contributed by atoms with Crippen LogP contribution in [-0.4, -0.2) is 30.5 Å². The summed E-state index contributed by atoms with van der Waals surface area (Å²) >= 11 is 0. The van der Waals surface area contributed by atoms with Gasteiger partial charge in [-0.05, 0) is 61.7 Å². The third-order valence-electron chi connectivity index (χ3n) is 6.17. The number of benzene rings is 2. The predicted octanol–water partition coefficient (Wildman–Crippen LogP) is 5.92. The number of Topliss-reactive ketones (excluding diaryl/α,β-unsaturated/α-hetero) is 1. The Morgan fingerprint density at radius 2 is 1.83 bits per heavy atom. The zero-order valence-electron chi connectivity index (χ0n) is 21.4. The predicted molar refractivity (Wildman–Crippen MR) is 138 cm³/mol. The molecule has 0 bridgehead atoms. The average molecular weight is 490 g/mol. The molecule has 3 aromatic rings. The number of anilines is 1. The van der Waals surface area contributed by atoms with Crippen LogP contribution in [0.25, 0.3) is 5.76 Å². The van der Waals surface area contributed by atoms with Gasteiger partial charge >= 0.3 is 0 Å². The van der Waals surface area contributed by atoms with Crippen molar-refractivity contribution in [3.8, 4) is 11.5 Å². The van der Waals surface area contributed by atoms with Crippen molar-refractivity contribution in [1.29, 1.82) is 0 Å². The van der Waals surface area contributed by atoms with E-state index in [-0.39, 0.29) is 16.7 Å². The number of carbonyl (C=O) groups excluding carboxylic acids is 2. The number of aliphatic hydroxyl groups excluding tert-OH is 1. The van der Waals surface area contributed by atoms with E-state index < -0.39 is 17.7 Å². The van der Waals surface area contributed by atoms with E-state index in [0.717, 1.165) is 5.56 Å². The molecular formula is C29H31NO6. The molecule has 1 aromatic heterocycles. The third-order valence-corrected chi connectivity index (χ3v) is 6.17. The molecule has 0 spiro atoms. The van der Waals surface area contributed by atoms with E-state index >= 15 is 0 Å². The van der Waals surface area contributed by atoms with Crippen molar-refractivity contribution in [3.63, 3.8) is 0 Å². The molecule has 7 nitrogen and oxygen atoms in total. The van der Waals surface area contributed by atoms with E-state index in [2.05, 4.69) is 0 Å². The molecule has 1 amide bonds. The molecule has 1 saturated heterocycles. The van der Waals surface area contributed by atoms with Crippen LogP contribution in [0.1, 0.15) is 56.4 Å². The highest BCUT2D eigenvalue weighted by atomic mass is 16.5.